The number of fused-ring (bicyclic) bond motifs is 13. The highest BCUT2D eigenvalue weighted by molar-refractivity contribution is 6.01. The van der Waals surface area contributed by atoms with E-state index in [9.17, 15) is 0 Å². The van der Waals surface area contributed by atoms with Crippen molar-refractivity contribution in [1.82, 2.24) is 0 Å². The molecule has 1 spiro atoms. The molecule has 0 amide bonds. The van der Waals surface area contributed by atoms with E-state index >= 15 is 0 Å². The molecule has 0 N–H and O–H groups in total. The molecule has 68 heavy (non-hydrogen) atoms. The molecule has 5 aliphatic rings. The second-order valence-corrected chi connectivity index (χ2v) is 25.6. The molecule has 0 radical (unpaired) electrons. The van der Waals surface area contributed by atoms with Crippen LogP contribution < -0.4 is 4.90 Å². The molecule has 7 aromatic carbocycles. The average molecular weight is 890 g/mol. The van der Waals surface area contributed by atoms with Gasteiger partial charge < -0.3 is 4.90 Å². The lowest BCUT2D eigenvalue weighted by Crippen LogP contribution is -2.37. The van der Waals surface area contributed by atoms with E-state index in [4.69, 9.17) is 0 Å². The number of hydrogen-bond donors (Lipinski definition) is 0. The first-order valence-corrected chi connectivity index (χ1v) is 25.9. The molecule has 12 rings (SSSR count). The van der Waals surface area contributed by atoms with Crippen LogP contribution in [0.3, 0.4) is 0 Å². The van der Waals surface area contributed by atoms with Gasteiger partial charge in [-0.05, 0) is 179 Å². The average Bonchev–Trinajstić information content (AvgIpc) is 3.77. The summed E-state index contributed by atoms with van der Waals surface area (Å²) in [5.74, 6) is 0. The Kier molecular flexibility index (Phi) is 9.12. The van der Waals surface area contributed by atoms with E-state index in [1.165, 1.54) is 125 Å². The van der Waals surface area contributed by atoms with Crippen LogP contribution in [-0.4, -0.2) is 0 Å². The fourth-order valence-electron chi connectivity index (χ4n) is 14.6. The van der Waals surface area contributed by atoms with Gasteiger partial charge in [-0.15, -0.1) is 0 Å². The minimum absolute atomic E-state index is 0.0130. The van der Waals surface area contributed by atoms with Gasteiger partial charge >= 0.3 is 0 Å². The quantitative estimate of drug-likeness (QED) is 0.170. The van der Waals surface area contributed by atoms with Gasteiger partial charge in [0, 0.05) is 5.56 Å². The van der Waals surface area contributed by atoms with Gasteiger partial charge in [0.1, 0.15) is 0 Å². The zero-order valence-corrected chi connectivity index (χ0v) is 43.0. The summed E-state index contributed by atoms with van der Waals surface area (Å²) in [5.41, 5.74) is 26.1. The summed E-state index contributed by atoms with van der Waals surface area (Å²) in [6.45, 7) is 30.0. The molecule has 344 valence electrons. The third kappa shape index (κ3) is 5.86. The SMILES string of the molecule is CC1(C)CCC(C)(C)c2c(-c3cc4c(cc3N(c3cccc5c3C(C)(C)CCC5(C)C)c3cccc5c3C(C)(C)CCC5(C)C)C3(c5ccccc5-c5ccccc53)c3ccccc3-4)cccc21. The zero-order valence-electron chi connectivity index (χ0n) is 43.0. The van der Waals surface area contributed by atoms with Gasteiger partial charge in [0.05, 0.1) is 22.5 Å². The van der Waals surface area contributed by atoms with Crippen molar-refractivity contribution in [1.29, 1.82) is 0 Å². The Hall–Kier alpha value is -5.66. The van der Waals surface area contributed by atoms with Crippen molar-refractivity contribution < 1.29 is 0 Å². The van der Waals surface area contributed by atoms with Crippen LogP contribution in [0.4, 0.5) is 17.1 Å². The number of hydrogen-bond acceptors (Lipinski definition) is 1. The molecule has 0 bridgehead atoms. The summed E-state index contributed by atoms with van der Waals surface area (Å²) in [4.78, 5) is 2.84. The normalized spacial score (nSPS) is 20.5. The number of benzene rings is 7. The van der Waals surface area contributed by atoms with Gasteiger partial charge in [-0.1, -0.05) is 198 Å². The number of anilines is 3. The smallest absolute Gasteiger partial charge is 0.0726 e. The second-order valence-electron chi connectivity index (χ2n) is 25.6. The summed E-state index contributed by atoms with van der Waals surface area (Å²) in [6.07, 6.45) is 6.95. The fraction of sp³-hybridized carbons (Fsp3) is 0.373. The van der Waals surface area contributed by atoms with Crippen LogP contribution in [0.5, 0.6) is 0 Å². The summed E-state index contributed by atoms with van der Waals surface area (Å²) in [5, 5.41) is 0. The van der Waals surface area contributed by atoms with Crippen molar-refractivity contribution in [3.8, 4) is 33.4 Å². The van der Waals surface area contributed by atoms with Gasteiger partial charge in [-0.2, -0.15) is 0 Å². The molecule has 0 saturated carbocycles. The van der Waals surface area contributed by atoms with Crippen molar-refractivity contribution >= 4 is 17.1 Å². The maximum absolute atomic E-state index is 2.84. The van der Waals surface area contributed by atoms with Crippen LogP contribution in [0, 0.1) is 0 Å². The first-order chi connectivity index (χ1) is 32.2. The predicted octanol–water partition coefficient (Wildman–Crippen LogP) is 18.2. The Morgan fingerprint density at radius 2 is 0.603 bits per heavy atom. The summed E-state index contributed by atoms with van der Waals surface area (Å²) < 4.78 is 0. The maximum Gasteiger partial charge on any atom is 0.0726 e. The molecular formula is C67H71N. The van der Waals surface area contributed by atoms with Gasteiger partial charge in [0.25, 0.3) is 0 Å². The fourth-order valence-corrected chi connectivity index (χ4v) is 14.6. The Balaban J connectivity index is 1.30. The third-order valence-electron chi connectivity index (χ3n) is 18.6. The highest BCUT2D eigenvalue weighted by Gasteiger charge is 2.53. The van der Waals surface area contributed by atoms with Crippen molar-refractivity contribution in [3.05, 3.63) is 195 Å². The molecule has 0 fully saturated rings. The highest BCUT2D eigenvalue weighted by Crippen LogP contribution is 2.66. The standard InChI is InChI=1S/C67H71N/c1-61(2)34-37-64(7,8)58-45(25-19-29-51(58)61)47-40-46-44-24-15-18-28-50(44)67(48-26-16-13-22-42(48)43-23-14-17-27-49(43)67)54(46)41-57(47)68(55-32-20-30-52-59(55)65(9,10)38-35-62(52,3)4)56-33-21-31-53-60(56)66(11,12)39-36-63(53,5)6/h13-33,40-41H,34-39H2,1-12H3. The van der Waals surface area contributed by atoms with Crippen LogP contribution >= 0.6 is 0 Å². The molecule has 5 aliphatic carbocycles. The Morgan fingerprint density at radius 3 is 1.06 bits per heavy atom. The van der Waals surface area contributed by atoms with Crippen LogP contribution in [-0.2, 0) is 37.9 Å². The summed E-state index contributed by atoms with van der Waals surface area (Å²) >= 11 is 0. The van der Waals surface area contributed by atoms with Crippen molar-refractivity contribution in [2.24, 2.45) is 0 Å². The van der Waals surface area contributed by atoms with Crippen LogP contribution in [0.15, 0.2) is 140 Å². The molecule has 1 nitrogen and oxygen atoms in total. The molecule has 0 heterocycles. The Labute approximate surface area is 408 Å². The second kappa shape index (κ2) is 14.2. The zero-order chi connectivity index (χ0) is 47.6. The minimum Gasteiger partial charge on any atom is -0.309 e. The van der Waals surface area contributed by atoms with Crippen molar-refractivity contribution in [2.75, 3.05) is 4.90 Å². The van der Waals surface area contributed by atoms with Gasteiger partial charge in [-0.25, -0.2) is 0 Å². The van der Waals surface area contributed by atoms with E-state index in [1.54, 1.807) is 0 Å². The van der Waals surface area contributed by atoms with E-state index in [0.717, 1.165) is 19.3 Å². The lowest BCUT2D eigenvalue weighted by Gasteiger charge is -2.47. The molecule has 7 aromatic rings. The van der Waals surface area contributed by atoms with Crippen LogP contribution in [0.2, 0.25) is 0 Å². The number of rotatable bonds is 4. The monoisotopic (exact) mass is 890 g/mol. The summed E-state index contributed by atoms with van der Waals surface area (Å²) in [7, 11) is 0. The topological polar surface area (TPSA) is 3.24 Å². The molecule has 0 atom stereocenters. The molecule has 1 heteroatoms. The lowest BCUT2D eigenvalue weighted by atomic mass is 9.61. The van der Waals surface area contributed by atoms with Gasteiger partial charge in [0.2, 0.25) is 0 Å². The molecule has 0 saturated heterocycles. The van der Waals surface area contributed by atoms with Crippen molar-refractivity contribution in [3.63, 3.8) is 0 Å². The van der Waals surface area contributed by atoms with E-state index in [0.29, 0.717) is 0 Å². The Morgan fingerprint density at radius 1 is 0.265 bits per heavy atom. The van der Waals surface area contributed by atoms with Gasteiger partial charge in [0.15, 0.2) is 0 Å². The van der Waals surface area contributed by atoms with E-state index in [-0.39, 0.29) is 32.5 Å². The van der Waals surface area contributed by atoms with Crippen LogP contribution in [0.1, 0.15) is 177 Å². The van der Waals surface area contributed by atoms with Crippen molar-refractivity contribution in [2.45, 2.75) is 160 Å². The predicted molar refractivity (Wildman–Crippen MR) is 289 cm³/mol. The highest BCUT2D eigenvalue weighted by atomic mass is 15.2. The number of nitrogens with zero attached hydrogens (tertiary/aromatic N) is 1. The van der Waals surface area contributed by atoms with Gasteiger partial charge in [-0.3, -0.25) is 0 Å². The molecule has 0 aliphatic heterocycles. The van der Waals surface area contributed by atoms with E-state index < -0.39 is 5.41 Å². The van der Waals surface area contributed by atoms with E-state index in [2.05, 4.69) is 228 Å². The lowest BCUT2D eigenvalue weighted by molar-refractivity contribution is 0.331. The first kappa shape index (κ1) is 43.6. The maximum atomic E-state index is 2.84. The summed E-state index contributed by atoms with van der Waals surface area (Å²) in [6, 6.07) is 55.4. The van der Waals surface area contributed by atoms with E-state index in [1.807, 2.05) is 0 Å². The largest absolute Gasteiger partial charge is 0.309 e. The third-order valence-corrected chi connectivity index (χ3v) is 18.6. The first-order valence-electron chi connectivity index (χ1n) is 25.9. The Bertz CT molecular complexity index is 3130. The minimum atomic E-state index is -0.482. The molecular weight excluding hydrogens is 819 g/mol. The molecule has 0 aromatic heterocycles. The van der Waals surface area contributed by atoms with Crippen LogP contribution in [0.25, 0.3) is 33.4 Å². The molecule has 0 unspecified atom stereocenters.